The smallest absolute Gasteiger partial charge is 0.465 e. The molecule has 0 bridgehead atoms. The van der Waals surface area contributed by atoms with Crippen LogP contribution in [0.1, 0.15) is 99.4 Å². The van der Waals surface area contributed by atoms with E-state index in [0.717, 1.165) is 0 Å². The molecule has 3 N–H and O–H groups in total. The van der Waals surface area contributed by atoms with Crippen LogP contribution in [0.3, 0.4) is 0 Å². The summed E-state index contributed by atoms with van der Waals surface area (Å²) in [6.07, 6.45) is -2.93. The van der Waals surface area contributed by atoms with Crippen LogP contribution in [0.4, 0.5) is 23.2 Å². The SMILES string of the molecule is CC(C)(C)OC(=O)OC(=O)OC(C)(C)C.CCOC(=O)C(N)c1ccccc1F.CCOC(=O)C(NC(=O)OC(C)(C)C)c1ccccc1F. The molecule has 0 saturated carbocycles. The van der Waals surface area contributed by atoms with E-state index in [-0.39, 0.29) is 24.3 Å². The van der Waals surface area contributed by atoms with Crippen molar-refractivity contribution in [1.82, 2.24) is 5.32 Å². The van der Waals surface area contributed by atoms with E-state index in [2.05, 4.69) is 14.8 Å². The number of carbonyl (C=O) groups is 5. The summed E-state index contributed by atoms with van der Waals surface area (Å²) in [5, 5.41) is 2.34. The summed E-state index contributed by atoms with van der Waals surface area (Å²) in [5.41, 5.74) is 3.58. The molecule has 0 aliphatic heterocycles. The number of nitrogens with two attached hydrogens (primary N) is 1. The first kappa shape index (κ1) is 45.2. The number of hydrogen-bond donors (Lipinski definition) is 2. The normalized spacial score (nSPS) is 12.2. The van der Waals surface area contributed by atoms with Gasteiger partial charge in [0.1, 0.15) is 34.5 Å². The number of esters is 2. The lowest BCUT2D eigenvalue weighted by Crippen LogP contribution is -2.39. The van der Waals surface area contributed by atoms with Crippen LogP contribution < -0.4 is 11.1 Å². The minimum Gasteiger partial charge on any atom is -0.465 e. The minimum atomic E-state index is -1.25. The standard InChI is InChI=1S/C15H20FNO4.C10H12FNO2.C10H18O5/c1-5-20-13(18)12(10-8-6-7-9-11(10)16)17-14(19)21-15(2,3)4;1-2-14-10(13)9(12)7-5-3-4-6-8(7)11;1-9(2,3)14-7(11)13-8(12)15-10(4,5)6/h6-9,12H,5H2,1-4H3,(H,17,19);3-6,9H,2,12H2,1H3;1-6H3. The van der Waals surface area contributed by atoms with Gasteiger partial charge in [0, 0.05) is 11.1 Å². The zero-order valence-corrected chi connectivity index (χ0v) is 30.5. The lowest BCUT2D eigenvalue weighted by atomic mass is 10.1. The van der Waals surface area contributed by atoms with Crippen LogP contribution in [0.15, 0.2) is 48.5 Å². The maximum absolute atomic E-state index is 13.8. The van der Waals surface area contributed by atoms with Gasteiger partial charge in [-0.15, -0.1) is 0 Å². The van der Waals surface area contributed by atoms with Gasteiger partial charge < -0.3 is 39.5 Å². The Morgan fingerprint density at radius 2 is 1.02 bits per heavy atom. The average molecular weight is 713 g/mol. The fourth-order valence-electron chi connectivity index (χ4n) is 3.32. The maximum atomic E-state index is 13.8. The third-order valence-corrected chi connectivity index (χ3v) is 5.13. The molecule has 2 aromatic carbocycles. The van der Waals surface area contributed by atoms with E-state index < -0.39 is 70.9 Å². The fourth-order valence-corrected chi connectivity index (χ4v) is 3.32. The number of benzene rings is 2. The Hall–Kier alpha value is -4.79. The number of halogens is 2. The van der Waals surface area contributed by atoms with Gasteiger partial charge in [0.15, 0.2) is 6.04 Å². The molecule has 0 fully saturated rings. The predicted octanol–water partition coefficient (Wildman–Crippen LogP) is 7.22. The lowest BCUT2D eigenvalue weighted by Gasteiger charge is -2.23. The Morgan fingerprint density at radius 1 is 0.640 bits per heavy atom. The molecule has 1 amide bonds. The molecule has 15 heteroatoms. The summed E-state index contributed by atoms with van der Waals surface area (Å²) in [6, 6.07) is 9.28. The molecule has 0 heterocycles. The van der Waals surface area contributed by atoms with Crippen LogP contribution >= 0.6 is 0 Å². The summed E-state index contributed by atoms with van der Waals surface area (Å²) in [7, 11) is 0. The summed E-state index contributed by atoms with van der Waals surface area (Å²) in [4.78, 5) is 56.9. The molecule has 280 valence electrons. The molecular weight excluding hydrogens is 662 g/mol. The van der Waals surface area contributed by atoms with Gasteiger partial charge >= 0.3 is 30.3 Å². The Bertz CT molecular complexity index is 1390. The molecule has 2 rings (SSSR count). The number of rotatable bonds is 7. The van der Waals surface area contributed by atoms with E-state index in [1.54, 1.807) is 88.3 Å². The average Bonchev–Trinajstić information content (AvgIpc) is 2.94. The van der Waals surface area contributed by atoms with Gasteiger partial charge in [0.05, 0.1) is 13.2 Å². The summed E-state index contributed by atoms with van der Waals surface area (Å²) in [6.45, 7) is 18.8. The molecular formula is C35H50F2N2O11. The number of carbonyl (C=O) groups excluding carboxylic acids is 5. The Kier molecular flexibility index (Phi) is 18.7. The third kappa shape index (κ3) is 19.9. The van der Waals surface area contributed by atoms with Crippen molar-refractivity contribution < 1.29 is 61.2 Å². The highest BCUT2D eigenvalue weighted by Gasteiger charge is 2.29. The largest absolute Gasteiger partial charge is 0.519 e. The van der Waals surface area contributed by atoms with E-state index in [0.29, 0.717) is 0 Å². The quantitative estimate of drug-likeness (QED) is 0.168. The number of alkyl carbamates (subject to hydrolysis) is 1. The van der Waals surface area contributed by atoms with Gasteiger partial charge in [-0.2, -0.15) is 0 Å². The van der Waals surface area contributed by atoms with Gasteiger partial charge in [-0.1, -0.05) is 36.4 Å². The Morgan fingerprint density at radius 3 is 1.40 bits per heavy atom. The molecule has 0 aromatic heterocycles. The first-order chi connectivity index (χ1) is 22.9. The number of ether oxygens (including phenoxy) is 6. The number of nitrogens with one attached hydrogen (secondary N) is 1. The zero-order chi connectivity index (χ0) is 38.9. The van der Waals surface area contributed by atoms with Crippen molar-refractivity contribution in [1.29, 1.82) is 0 Å². The molecule has 13 nitrogen and oxygen atoms in total. The maximum Gasteiger partial charge on any atom is 0.519 e. The fraction of sp³-hybridized carbons (Fsp3) is 0.514. The van der Waals surface area contributed by atoms with Crippen LogP contribution in [-0.2, 0) is 38.0 Å². The van der Waals surface area contributed by atoms with Crippen LogP contribution in [0, 0.1) is 11.6 Å². The topological polar surface area (TPSA) is 179 Å². The summed E-state index contributed by atoms with van der Waals surface area (Å²) in [5.74, 6) is -2.45. The van der Waals surface area contributed by atoms with Crippen molar-refractivity contribution in [2.24, 2.45) is 5.73 Å². The van der Waals surface area contributed by atoms with Crippen molar-refractivity contribution in [2.75, 3.05) is 13.2 Å². The van der Waals surface area contributed by atoms with Crippen LogP contribution in [0.5, 0.6) is 0 Å². The molecule has 0 radical (unpaired) electrons. The molecule has 50 heavy (non-hydrogen) atoms. The highest BCUT2D eigenvalue weighted by molar-refractivity contribution is 5.83. The first-order valence-corrected chi connectivity index (χ1v) is 15.6. The second-order valence-electron chi connectivity index (χ2n) is 13.1. The highest BCUT2D eigenvalue weighted by atomic mass is 19.1. The van der Waals surface area contributed by atoms with Gasteiger partial charge in [0.25, 0.3) is 0 Å². The summed E-state index contributed by atoms with van der Waals surface area (Å²) < 4.78 is 55.4. The van der Waals surface area contributed by atoms with Crippen molar-refractivity contribution in [2.45, 2.75) is 105 Å². The van der Waals surface area contributed by atoms with Crippen molar-refractivity contribution in [3.8, 4) is 0 Å². The number of amides is 1. The highest BCUT2D eigenvalue weighted by Crippen LogP contribution is 2.20. The molecule has 2 unspecified atom stereocenters. The van der Waals surface area contributed by atoms with Crippen molar-refractivity contribution in [3.05, 3.63) is 71.3 Å². The van der Waals surface area contributed by atoms with Gasteiger partial charge in [-0.3, -0.25) is 0 Å². The Labute approximate surface area is 292 Å². The van der Waals surface area contributed by atoms with Crippen LogP contribution in [-0.4, -0.2) is 60.4 Å². The second-order valence-corrected chi connectivity index (χ2v) is 13.1. The van der Waals surface area contributed by atoms with Crippen LogP contribution in [0.25, 0.3) is 0 Å². The molecule has 0 spiro atoms. The van der Waals surface area contributed by atoms with E-state index in [1.165, 1.54) is 36.4 Å². The lowest BCUT2D eigenvalue weighted by molar-refractivity contribution is -0.146. The second kappa shape index (κ2) is 20.7. The molecule has 0 aliphatic carbocycles. The van der Waals surface area contributed by atoms with Gasteiger partial charge in [-0.05, 0) is 88.3 Å². The monoisotopic (exact) mass is 712 g/mol. The number of hydrogen-bond acceptors (Lipinski definition) is 12. The van der Waals surface area contributed by atoms with E-state index in [1.807, 2.05) is 0 Å². The van der Waals surface area contributed by atoms with Gasteiger partial charge in [0.2, 0.25) is 0 Å². The van der Waals surface area contributed by atoms with Crippen LogP contribution in [0.2, 0.25) is 0 Å². The molecule has 2 aromatic rings. The molecule has 0 aliphatic rings. The van der Waals surface area contributed by atoms with E-state index >= 15 is 0 Å². The Balaban J connectivity index is 0.000000741. The molecule has 2 atom stereocenters. The molecule has 0 saturated heterocycles. The predicted molar refractivity (Wildman–Crippen MR) is 179 cm³/mol. The van der Waals surface area contributed by atoms with E-state index in [4.69, 9.17) is 24.7 Å². The third-order valence-electron chi connectivity index (χ3n) is 5.13. The van der Waals surface area contributed by atoms with Crippen molar-refractivity contribution in [3.63, 3.8) is 0 Å². The summed E-state index contributed by atoms with van der Waals surface area (Å²) >= 11 is 0. The van der Waals surface area contributed by atoms with Gasteiger partial charge in [-0.25, -0.2) is 32.8 Å². The van der Waals surface area contributed by atoms with E-state index in [9.17, 15) is 32.8 Å². The minimum absolute atomic E-state index is 0.0295. The van der Waals surface area contributed by atoms with Crippen molar-refractivity contribution >= 4 is 30.3 Å². The zero-order valence-electron chi connectivity index (χ0n) is 30.5. The first-order valence-electron chi connectivity index (χ1n) is 15.6.